The summed E-state index contributed by atoms with van der Waals surface area (Å²) in [6.45, 7) is 8.13. The molecule has 0 amide bonds. The fraction of sp³-hybridized carbons (Fsp3) is 0.625. The van der Waals surface area contributed by atoms with Gasteiger partial charge in [0.25, 0.3) is 0 Å². The molecule has 0 aromatic heterocycles. The van der Waals surface area contributed by atoms with E-state index in [0.29, 0.717) is 12.1 Å². The first-order valence-electron chi connectivity index (χ1n) is 7.27. The third kappa shape index (κ3) is 4.51. The maximum atomic E-state index is 5.65. The van der Waals surface area contributed by atoms with Crippen molar-refractivity contribution in [2.24, 2.45) is 0 Å². The highest BCUT2D eigenvalue weighted by Crippen LogP contribution is 2.19. The average Bonchev–Trinajstić information content (AvgIpc) is 2.89. The number of hydrogen-bond acceptors (Lipinski definition) is 3. The summed E-state index contributed by atoms with van der Waals surface area (Å²) in [4.78, 5) is 0. The molecule has 106 valence electrons. The maximum Gasteiger partial charge on any atom is 0.119 e. The molecule has 1 saturated heterocycles. The van der Waals surface area contributed by atoms with Crippen LogP contribution < -0.4 is 10.1 Å². The van der Waals surface area contributed by atoms with Gasteiger partial charge in [-0.2, -0.15) is 0 Å². The van der Waals surface area contributed by atoms with Gasteiger partial charge in [0.1, 0.15) is 5.75 Å². The van der Waals surface area contributed by atoms with Gasteiger partial charge in [0.2, 0.25) is 0 Å². The van der Waals surface area contributed by atoms with Crippen LogP contribution in [0.3, 0.4) is 0 Å². The summed E-state index contributed by atoms with van der Waals surface area (Å²) in [5, 5.41) is 3.54. The molecule has 2 rings (SSSR count). The van der Waals surface area contributed by atoms with Gasteiger partial charge in [-0.05, 0) is 51.3 Å². The molecule has 1 N–H and O–H groups in total. The highest BCUT2D eigenvalue weighted by atomic mass is 16.5. The molecule has 0 spiro atoms. The first-order valence-corrected chi connectivity index (χ1v) is 7.27. The Balaban J connectivity index is 1.82. The Morgan fingerprint density at radius 3 is 2.58 bits per heavy atom. The minimum Gasteiger partial charge on any atom is -0.491 e. The van der Waals surface area contributed by atoms with Crippen LogP contribution in [0, 0.1) is 0 Å². The van der Waals surface area contributed by atoms with Gasteiger partial charge in [-0.3, -0.25) is 0 Å². The molecule has 3 heteroatoms. The zero-order valence-electron chi connectivity index (χ0n) is 12.2. The molecule has 1 aliphatic rings. The van der Waals surface area contributed by atoms with Crippen LogP contribution in [0.1, 0.15) is 45.2 Å². The van der Waals surface area contributed by atoms with Gasteiger partial charge in [-0.15, -0.1) is 0 Å². The minimum atomic E-state index is 0.223. The Bertz CT molecular complexity index is 369. The Hall–Kier alpha value is -1.06. The van der Waals surface area contributed by atoms with E-state index in [4.69, 9.17) is 9.47 Å². The highest BCUT2D eigenvalue weighted by Gasteiger charge is 2.16. The molecular formula is C16H25NO2. The Kier molecular flexibility index (Phi) is 5.23. The molecule has 2 unspecified atom stereocenters. The molecule has 0 saturated carbocycles. The van der Waals surface area contributed by atoms with Crippen molar-refractivity contribution < 1.29 is 9.47 Å². The van der Waals surface area contributed by atoms with Gasteiger partial charge in [-0.25, -0.2) is 0 Å². The van der Waals surface area contributed by atoms with Crippen molar-refractivity contribution in [3.63, 3.8) is 0 Å². The minimum absolute atomic E-state index is 0.223. The van der Waals surface area contributed by atoms with Crippen LogP contribution >= 0.6 is 0 Å². The number of ether oxygens (including phenoxy) is 2. The summed E-state index contributed by atoms with van der Waals surface area (Å²) < 4.78 is 11.3. The third-order valence-corrected chi connectivity index (χ3v) is 3.43. The Morgan fingerprint density at radius 1 is 1.26 bits per heavy atom. The molecule has 3 nitrogen and oxygen atoms in total. The van der Waals surface area contributed by atoms with Crippen LogP contribution in [0.25, 0.3) is 0 Å². The van der Waals surface area contributed by atoms with Gasteiger partial charge in [-0.1, -0.05) is 12.1 Å². The van der Waals surface area contributed by atoms with E-state index in [-0.39, 0.29) is 6.10 Å². The van der Waals surface area contributed by atoms with Gasteiger partial charge < -0.3 is 14.8 Å². The van der Waals surface area contributed by atoms with E-state index >= 15 is 0 Å². The first-order chi connectivity index (χ1) is 9.15. The molecule has 19 heavy (non-hydrogen) atoms. The monoisotopic (exact) mass is 263 g/mol. The predicted octanol–water partition coefficient (Wildman–Crippen LogP) is 3.30. The highest BCUT2D eigenvalue weighted by molar-refractivity contribution is 5.29. The van der Waals surface area contributed by atoms with Crippen molar-refractivity contribution >= 4 is 0 Å². The molecule has 1 aromatic carbocycles. The first kappa shape index (κ1) is 14.4. The predicted molar refractivity (Wildman–Crippen MR) is 77.6 cm³/mol. The van der Waals surface area contributed by atoms with Crippen molar-refractivity contribution in [3.05, 3.63) is 29.8 Å². The van der Waals surface area contributed by atoms with E-state index in [0.717, 1.165) is 18.9 Å². The van der Waals surface area contributed by atoms with Gasteiger partial charge in [0.05, 0.1) is 12.2 Å². The van der Waals surface area contributed by atoms with Crippen LogP contribution in [-0.2, 0) is 4.74 Å². The smallest absolute Gasteiger partial charge is 0.119 e. The second-order valence-corrected chi connectivity index (χ2v) is 5.50. The van der Waals surface area contributed by atoms with Gasteiger partial charge in [0.15, 0.2) is 0 Å². The Labute approximate surface area is 116 Å². The lowest BCUT2D eigenvalue weighted by Gasteiger charge is -2.18. The Morgan fingerprint density at radius 2 is 2.00 bits per heavy atom. The second kappa shape index (κ2) is 6.92. The standard InChI is InChI=1S/C16H25NO2/c1-12(2)19-15-8-6-14(7-9-15)13(3)17-11-16-5-4-10-18-16/h6-9,12-13,16-17H,4-5,10-11H2,1-3H3. The lowest BCUT2D eigenvalue weighted by molar-refractivity contribution is 0.108. The van der Waals surface area contributed by atoms with Crippen LogP contribution in [0.2, 0.25) is 0 Å². The van der Waals surface area contributed by atoms with Crippen LogP contribution in [-0.4, -0.2) is 25.4 Å². The van der Waals surface area contributed by atoms with Crippen LogP contribution in [0.15, 0.2) is 24.3 Å². The van der Waals surface area contributed by atoms with Crippen LogP contribution in [0.5, 0.6) is 5.75 Å². The van der Waals surface area contributed by atoms with Gasteiger partial charge >= 0.3 is 0 Å². The van der Waals surface area contributed by atoms with Crippen molar-refractivity contribution in [1.29, 1.82) is 0 Å². The van der Waals surface area contributed by atoms with E-state index in [2.05, 4.69) is 24.4 Å². The molecular weight excluding hydrogens is 238 g/mol. The van der Waals surface area contributed by atoms with E-state index in [1.54, 1.807) is 0 Å². The zero-order chi connectivity index (χ0) is 13.7. The summed E-state index contributed by atoms with van der Waals surface area (Å²) in [6, 6.07) is 8.69. The topological polar surface area (TPSA) is 30.5 Å². The molecule has 1 heterocycles. The van der Waals surface area contributed by atoms with E-state index in [1.165, 1.54) is 18.4 Å². The second-order valence-electron chi connectivity index (χ2n) is 5.50. The van der Waals surface area contributed by atoms with Crippen molar-refractivity contribution in [1.82, 2.24) is 5.32 Å². The molecule has 1 fully saturated rings. The lowest BCUT2D eigenvalue weighted by atomic mass is 10.1. The molecule has 1 aliphatic heterocycles. The number of nitrogens with one attached hydrogen (secondary N) is 1. The fourth-order valence-electron chi connectivity index (χ4n) is 2.34. The summed E-state index contributed by atoms with van der Waals surface area (Å²) in [5.41, 5.74) is 1.29. The normalized spacial score (nSPS) is 20.7. The zero-order valence-corrected chi connectivity index (χ0v) is 12.2. The summed E-state index contributed by atoms with van der Waals surface area (Å²) >= 11 is 0. The third-order valence-electron chi connectivity index (χ3n) is 3.43. The number of hydrogen-bond donors (Lipinski definition) is 1. The van der Waals surface area contributed by atoms with E-state index in [9.17, 15) is 0 Å². The number of benzene rings is 1. The molecule has 0 bridgehead atoms. The summed E-state index contributed by atoms with van der Waals surface area (Å²) in [7, 11) is 0. The summed E-state index contributed by atoms with van der Waals surface area (Å²) in [5.74, 6) is 0.935. The van der Waals surface area contributed by atoms with E-state index in [1.807, 2.05) is 26.0 Å². The number of rotatable bonds is 6. The molecule has 1 aromatic rings. The van der Waals surface area contributed by atoms with Crippen molar-refractivity contribution in [2.45, 2.75) is 51.9 Å². The van der Waals surface area contributed by atoms with Crippen molar-refractivity contribution in [2.75, 3.05) is 13.2 Å². The maximum absolute atomic E-state index is 5.65. The molecule has 0 radical (unpaired) electrons. The average molecular weight is 263 g/mol. The molecule has 2 atom stereocenters. The van der Waals surface area contributed by atoms with Gasteiger partial charge in [0, 0.05) is 19.2 Å². The SMILES string of the molecule is CC(C)Oc1ccc(C(C)NCC2CCCO2)cc1. The molecule has 0 aliphatic carbocycles. The lowest BCUT2D eigenvalue weighted by Crippen LogP contribution is -2.28. The fourth-order valence-corrected chi connectivity index (χ4v) is 2.34. The summed E-state index contributed by atoms with van der Waals surface area (Å²) in [6.07, 6.45) is 3.00. The van der Waals surface area contributed by atoms with E-state index < -0.39 is 0 Å². The quantitative estimate of drug-likeness (QED) is 0.854. The largest absolute Gasteiger partial charge is 0.491 e. The van der Waals surface area contributed by atoms with Crippen molar-refractivity contribution in [3.8, 4) is 5.75 Å². The van der Waals surface area contributed by atoms with Crippen LogP contribution in [0.4, 0.5) is 0 Å².